The molecule has 0 saturated carbocycles. The zero-order chi connectivity index (χ0) is 18.2. The molecule has 0 spiro atoms. The molecule has 4 heteroatoms. The lowest BCUT2D eigenvalue weighted by molar-refractivity contribution is -0.122. The van der Waals surface area contributed by atoms with Gasteiger partial charge in [-0.2, -0.15) is 0 Å². The largest absolute Gasteiger partial charge is 0.497 e. The van der Waals surface area contributed by atoms with Gasteiger partial charge in [0.15, 0.2) is 0 Å². The average Bonchev–Trinajstić information content (AvgIpc) is 2.61. The summed E-state index contributed by atoms with van der Waals surface area (Å²) in [5, 5.41) is 3.14. The number of rotatable bonds is 8. The zero-order valence-electron chi connectivity index (χ0n) is 15.6. The molecule has 2 aromatic carbocycles. The quantitative estimate of drug-likeness (QED) is 0.796. The molecule has 2 rings (SSSR count). The molecule has 0 fully saturated rings. The Balaban J connectivity index is 1.87. The van der Waals surface area contributed by atoms with Crippen LogP contribution in [-0.4, -0.2) is 31.5 Å². The number of methoxy groups -OCH3 is 1. The maximum absolute atomic E-state index is 12.4. The first-order valence-corrected chi connectivity index (χ1v) is 8.69. The van der Waals surface area contributed by atoms with Crippen molar-refractivity contribution in [1.29, 1.82) is 0 Å². The van der Waals surface area contributed by atoms with Crippen molar-refractivity contribution in [2.75, 3.05) is 20.7 Å². The summed E-state index contributed by atoms with van der Waals surface area (Å²) >= 11 is 0. The lowest BCUT2D eigenvalue weighted by atomic mass is 10.0. The molecule has 0 aliphatic carbocycles. The fraction of sp³-hybridized carbons (Fsp3) is 0.381. The number of likely N-dealkylation sites (N-methyl/N-ethyl adjacent to an activating group) is 1. The first-order valence-electron chi connectivity index (χ1n) is 8.69. The third-order valence-corrected chi connectivity index (χ3v) is 4.25. The minimum Gasteiger partial charge on any atom is -0.497 e. The second-order valence-corrected chi connectivity index (χ2v) is 6.46. The number of hydrogen-bond donors (Lipinski definition) is 1. The van der Waals surface area contributed by atoms with Gasteiger partial charge in [0, 0.05) is 6.54 Å². The normalized spacial score (nSPS) is 12.0. The Bertz CT molecular complexity index is 665. The Labute approximate surface area is 150 Å². The van der Waals surface area contributed by atoms with Crippen LogP contribution in [-0.2, 0) is 11.3 Å². The van der Waals surface area contributed by atoms with E-state index in [4.69, 9.17) is 4.74 Å². The van der Waals surface area contributed by atoms with E-state index in [9.17, 15) is 4.79 Å². The zero-order valence-corrected chi connectivity index (χ0v) is 15.6. The number of ether oxygens (including phenoxy) is 1. The van der Waals surface area contributed by atoms with Gasteiger partial charge in [0.2, 0.25) is 5.91 Å². The van der Waals surface area contributed by atoms with E-state index in [2.05, 4.69) is 43.4 Å². The molecule has 0 unspecified atom stereocenters. The maximum Gasteiger partial charge on any atom is 0.234 e. The van der Waals surface area contributed by atoms with Crippen LogP contribution in [0.5, 0.6) is 5.75 Å². The molecule has 25 heavy (non-hydrogen) atoms. The molecule has 4 nitrogen and oxygen atoms in total. The van der Waals surface area contributed by atoms with Gasteiger partial charge < -0.3 is 10.1 Å². The lowest BCUT2D eigenvalue weighted by Gasteiger charge is -2.21. The fourth-order valence-corrected chi connectivity index (χ4v) is 2.80. The molecule has 0 saturated heterocycles. The molecule has 2 aromatic rings. The van der Waals surface area contributed by atoms with Crippen LogP contribution in [0.15, 0.2) is 48.5 Å². The summed E-state index contributed by atoms with van der Waals surface area (Å²) in [6.07, 6.45) is 0.872. The summed E-state index contributed by atoms with van der Waals surface area (Å²) in [7, 11) is 3.61. The summed E-state index contributed by atoms with van der Waals surface area (Å²) in [4.78, 5) is 14.4. The molecular formula is C21H28N2O2. The minimum absolute atomic E-state index is 0.0448. The molecule has 134 valence electrons. The highest BCUT2D eigenvalue weighted by molar-refractivity contribution is 5.78. The number of hydrogen-bond acceptors (Lipinski definition) is 3. The van der Waals surface area contributed by atoms with E-state index in [0.717, 1.165) is 29.8 Å². The second-order valence-electron chi connectivity index (χ2n) is 6.46. The van der Waals surface area contributed by atoms with Crippen molar-refractivity contribution in [3.8, 4) is 5.75 Å². The van der Waals surface area contributed by atoms with E-state index in [1.807, 2.05) is 36.2 Å². The van der Waals surface area contributed by atoms with Crippen LogP contribution in [0.2, 0.25) is 0 Å². The van der Waals surface area contributed by atoms with E-state index in [1.165, 1.54) is 5.56 Å². The SMILES string of the molecule is CC[C@@H](NC(=O)CN(C)Cc1ccc(OC)cc1)c1ccc(C)cc1. The van der Waals surface area contributed by atoms with Crippen molar-refractivity contribution in [1.82, 2.24) is 10.2 Å². The van der Waals surface area contributed by atoms with Crippen LogP contribution in [0.1, 0.15) is 36.1 Å². The Morgan fingerprint density at radius 1 is 1.12 bits per heavy atom. The lowest BCUT2D eigenvalue weighted by Crippen LogP contribution is -2.36. The van der Waals surface area contributed by atoms with E-state index in [1.54, 1.807) is 7.11 Å². The summed E-state index contributed by atoms with van der Waals surface area (Å²) in [5.41, 5.74) is 3.53. The molecular weight excluding hydrogens is 312 g/mol. The molecule has 0 aromatic heterocycles. The summed E-state index contributed by atoms with van der Waals surface area (Å²) in [6, 6.07) is 16.3. The van der Waals surface area contributed by atoms with Gasteiger partial charge in [-0.3, -0.25) is 9.69 Å². The van der Waals surface area contributed by atoms with E-state index >= 15 is 0 Å². The molecule has 0 aliphatic rings. The van der Waals surface area contributed by atoms with Crippen molar-refractivity contribution in [2.24, 2.45) is 0 Å². The van der Waals surface area contributed by atoms with Crippen molar-refractivity contribution in [3.05, 3.63) is 65.2 Å². The number of amides is 1. The van der Waals surface area contributed by atoms with Gasteiger partial charge in [0.25, 0.3) is 0 Å². The second kappa shape index (κ2) is 9.23. The predicted molar refractivity (Wildman–Crippen MR) is 102 cm³/mol. The smallest absolute Gasteiger partial charge is 0.234 e. The molecule has 0 heterocycles. The highest BCUT2D eigenvalue weighted by atomic mass is 16.5. The fourth-order valence-electron chi connectivity index (χ4n) is 2.80. The van der Waals surface area contributed by atoms with E-state index in [-0.39, 0.29) is 11.9 Å². The topological polar surface area (TPSA) is 41.6 Å². The summed E-state index contributed by atoms with van der Waals surface area (Å²) < 4.78 is 5.17. The highest BCUT2D eigenvalue weighted by Crippen LogP contribution is 2.17. The summed E-state index contributed by atoms with van der Waals surface area (Å²) in [5.74, 6) is 0.886. The van der Waals surface area contributed by atoms with Crippen molar-refractivity contribution < 1.29 is 9.53 Å². The van der Waals surface area contributed by atoms with E-state index in [0.29, 0.717) is 6.54 Å². The number of nitrogens with zero attached hydrogens (tertiary/aromatic N) is 1. The van der Waals surface area contributed by atoms with Crippen molar-refractivity contribution >= 4 is 5.91 Å². The van der Waals surface area contributed by atoms with E-state index < -0.39 is 0 Å². The van der Waals surface area contributed by atoms with Gasteiger partial charge in [-0.05, 0) is 43.7 Å². The van der Waals surface area contributed by atoms with Crippen LogP contribution in [0, 0.1) is 6.92 Å². The Morgan fingerprint density at radius 2 is 1.76 bits per heavy atom. The number of aryl methyl sites for hydroxylation is 1. The Hall–Kier alpha value is -2.33. The van der Waals surface area contributed by atoms with Gasteiger partial charge in [0.05, 0.1) is 19.7 Å². The molecule has 1 atom stereocenters. The standard InChI is InChI=1S/C21H28N2O2/c1-5-20(18-10-6-16(2)7-11-18)22-21(24)15-23(3)14-17-8-12-19(25-4)13-9-17/h6-13,20H,5,14-15H2,1-4H3,(H,22,24)/t20-/m1/s1. The van der Waals surface area contributed by atoms with Crippen LogP contribution < -0.4 is 10.1 Å². The highest BCUT2D eigenvalue weighted by Gasteiger charge is 2.14. The third kappa shape index (κ3) is 5.91. The maximum atomic E-state index is 12.4. The van der Waals surface area contributed by atoms with Crippen molar-refractivity contribution in [3.63, 3.8) is 0 Å². The number of carbonyl (C=O) groups excluding carboxylic acids is 1. The first kappa shape index (κ1) is 19.0. The monoisotopic (exact) mass is 340 g/mol. The molecule has 0 aliphatic heterocycles. The molecule has 0 bridgehead atoms. The third-order valence-electron chi connectivity index (χ3n) is 4.25. The van der Waals surface area contributed by atoms with Crippen LogP contribution in [0.25, 0.3) is 0 Å². The molecule has 1 N–H and O–H groups in total. The van der Waals surface area contributed by atoms with Gasteiger partial charge in [-0.25, -0.2) is 0 Å². The summed E-state index contributed by atoms with van der Waals surface area (Å²) in [6.45, 7) is 5.25. The van der Waals surface area contributed by atoms with Gasteiger partial charge in [-0.15, -0.1) is 0 Å². The van der Waals surface area contributed by atoms with Gasteiger partial charge in [-0.1, -0.05) is 48.9 Å². The number of carbonyl (C=O) groups is 1. The van der Waals surface area contributed by atoms with Gasteiger partial charge >= 0.3 is 0 Å². The van der Waals surface area contributed by atoms with Crippen LogP contribution >= 0.6 is 0 Å². The number of benzene rings is 2. The van der Waals surface area contributed by atoms with Crippen LogP contribution in [0.4, 0.5) is 0 Å². The van der Waals surface area contributed by atoms with Crippen LogP contribution in [0.3, 0.4) is 0 Å². The number of nitrogens with one attached hydrogen (secondary N) is 1. The Kier molecular flexibility index (Phi) is 7.02. The Morgan fingerprint density at radius 3 is 2.32 bits per heavy atom. The van der Waals surface area contributed by atoms with Crippen molar-refractivity contribution in [2.45, 2.75) is 32.9 Å². The predicted octanol–water partition coefficient (Wildman–Crippen LogP) is 3.70. The average molecular weight is 340 g/mol. The van der Waals surface area contributed by atoms with Gasteiger partial charge in [0.1, 0.15) is 5.75 Å². The molecule has 0 radical (unpaired) electrons. The first-order chi connectivity index (χ1) is 12.0. The molecule has 1 amide bonds. The minimum atomic E-state index is 0.0448.